The Labute approximate surface area is 133 Å². The second-order valence-electron chi connectivity index (χ2n) is 5.24. The van der Waals surface area contributed by atoms with Crippen molar-refractivity contribution in [2.45, 2.75) is 19.3 Å². The van der Waals surface area contributed by atoms with Crippen LogP contribution >= 0.6 is 11.3 Å². The van der Waals surface area contributed by atoms with Gasteiger partial charge in [0.25, 0.3) is 0 Å². The number of nitrogen functional groups attached to an aromatic ring is 1. The summed E-state index contributed by atoms with van der Waals surface area (Å²) in [7, 11) is 0. The molecule has 7 heteroatoms. The van der Waals surface area contributed by atoms with Crippen molar-refractivity contribution in [2.24, 2.45) is 0 Å². The molecule has 0 saturated carbocycles. The third-order valence-electron chi connectivity index (χ3n) is 3.60. The Morgan fingerprint density at radius 3 is 3.05 bits per heavy atom. The van der Waals surface area contributed by atoms with Crippen LogP contribution < -0.4 is 11.1 Å². The summed E-state index contributed by atoms with van der Waals surface area (Å²) in [4.78, 5) is 23.0. The second-order valence-corrected chi connectivity index (χ2v) is 6.19. The monoisotopic (exact) mass is 317 g/mol. The van der Waals surface area contributed by atoms with E-state index in [1.807, 2.05) is 28.5 Å². The summed E-state index contributed by atoms with van der Waals surface area (Å²) in [6.45, 7) is 2.44. The summed E-state index contributed by atoms with van der Waals surface area (Å²) in [6.07, 6.45) is 2.57. The minimum Gasteiger partial charge on any atom is -0.370 e. The lowest BCUT2D eigenvalue weighted by atomic mass is 10.3. The summed E-state index contributed by atoms with van der Waals surface area (Å²) < 4.78 is 0. The predicted octanol–water partition coefficient (Wildman–Crippen LogP) is 2.21. The van der Waals surface area contributed by atoms with E-state index in [4.69, 9.17) is 5.73 Å². The van der Waals surface area contributed by atoms with Gasteiger partial charge in [-0.05, 0) is 24.3 Å². The van der Waals surface area contributed by atoms with Crippen LogP contribution in [0.4, 0.5) is 11.8 Å². The molecule has 1 fully saturated rings. The Kier molecular flexibility index (Phi) is 4.53. The summed E-state index contributed by atoms with van der Waals surface area (Å²) in [5.74, 6) is 1.26. The molecular formula is C15H19N5OS. The molecule has 2 aromatic heterocycles. The topological polar surface area (TPSA) is 84.1 Å². The molecule has 3 rings (SSSR count). The summed E-state index contributed by atoms with van der Waals surface area (Å²) in [6, 6.07) is 5.90. The molecule has 116 valence electrons. The van der Waals surface area contributed by atoms with Crippen molar-refractivity contribution in [1.29, 1.82) is 0 Å². The lowest BCUT2D eigenvalue weighted by Crippen LogP contribution is -2.27. The average Bonchev–Trinajstić information content (AvgIpc) is 3.15. The fourth-order valence-corrected chi connectivity index (χ4v) is 3.22. The largest absolute Gasteiger partial charge is 0.370 e. The maximum Gasteiger partial charge on any atom is 0.222 e. The van der Waals surface area contributed by atoms with Crippen molar-refractivity contribution in [3.8, 4) is 10.6 Å². The lowest BCUT2D eigenvalue weighted by molar-refractivity contribution is -0.127. The van der Waals surface area contributed by atoms with E-state index in [1.165, 1.54) is 0 Å². The van der Waals surface area contributed by atoms with Crippen LogP contribution in [0.25, 0.3) is 10.6 Å². The molecule has 0 radical (unpaired) electrons. The minimum atomic E-state index is 0.267. The van der Waals surface area contributed by atoms with E-state index < -0.39 is 0 Å². The normalized spacial score (nSPS) is 14.5. The molecule has 0 atom stereocenters. The number of nitrogens with two attached hydrogens (primary N) is 1. The number of nitrogens with one attached hydrogen (secondary N) is 1. The first-order chi connectivity index (χ1) is 10.7. The van der Waals surface area contributed by atoms with Crippen molar-refractivity contribution in [1.82, 2.24) is 14.9 Å². The van der Waals surface area contributed by atoms with Gasteiger partial charge in [-0.25, -0.2) is 4.98 Å². The van der Waals surface area contributed by atoms with Crippen LogP contribution in [0.2, 0.25) is 0 Å². The van der Waals surface area contributed by atoms with Gasteiger partial charge in [-0.15, -0.1) is 11.3 Å². The summed E-state index contributed by atoms with van der Waals surface area (Å²) in [5, 5.41) is 5.27. The maximum absolute atomic E-state index is 11.5. The van der Waals surface area contributed by atoms with Crippen molar-refractivity contribution in [2.75, 3.05) is 30.7 Å². The van der Waals surface area contributed by atoms with Crippen LogP contribution in [0.15, 0.2) is 23.6 Å². The number of aromatic nitrogens is 2. The number of hydrogen-bond acceptors (Lipinski definition) is 6. The van der Waals surface area contributed by atoms with E-state index in [2.05, 4.69) is 15.3 Å². The molecule has 3 N–H and O–H groups in total. The highest BCUT2D eigenvalue weighted by atomic mass is 32.1. The first-order valence-electron chi connectivity index (χ1n) is 7.42. The zero-order valence-electron chi connectivity index (χ0n) is 12.3. The molecule has 0 unspecified atom stereocenters. The Morgan fingerprint density at radius 2 is 2.32 bits per heavy atom. The molecular weight excluding hydrogens is 298 g/mol. The average molecular weight is 317 g/mol. The Morgan fingerprint density at radius 1 is 1.41 bits per heavy atom. The molecule has 0 aliphatic carbocycles. The third-order valence-corrected chi connectivity index (χ3v) is 4.49. The number of carbonyl (C=O) groups excluding carboxylic acids is 1. The van der Waals surface area contributed by atoms with Crippen LogP contribution in [0.3, 0.4) is 0 Å². The molecule has 1 amide bonds. The van der Waals surface area contributed by atoms with Gasteiger partial charge in [0.15, 0.2) is 0 Å². The molecule has 1 aliphatic rings. The number of nitrogens with zero attached hydrogens (tertiary/aromatic N) is 3. The number of thiophene rings is 1. The molecule has 0 spiro atoms. The van der Waals surface area contributed by atoms with Crippen LogP contribution in [0.1, 0.15) is 19.3 Å². The standard InChI is InChI=1S/C15H19N5OS/c16-15-18-11(12-4-2-9-22-12)10-13(19-15)17-6-3-8-20-7-1-5-14(20)21/h2,4,9-10H,1,3,5-8H2,(H3,16,17,18,19). The SMILES string of the molecule is Nc1nc(NCCCN2CCCC2=O)cc(-c2cccs2)n1. The number of carbonyl (C=O) groups is 1. The van der Waals surface area contributed by atoms with Crippen LogP contribution in [0, 0.1) is 0 Å². The number of likely N-dealkylation sites (tertiary alicyclic amines) is 1. The first kappa shape index (κ1) is 14.8. The van der Waals surface area contributed by atoms with Crippen molar-refractivity contribution >= 4 is 29.0 Å². The maximum atomic E-state index is 11.5. The predicted molar refractivity (Wildman–Crippen MR) is 88.7 cm³/mol. The molecule has 3 heterocycles. The summed E-state index contributed by atoms with van der Waals surface area (Å²) in [5.41, 5.74) is 6.61. The Balaban J connectivity index is 1.55. The highest BCUT2D eigenvalue weighted by Crippen LogP contribution is 2.25. The molecule has 0 aromatic carbocycles. The second kappa shape index (κ2) is 6.74. The summed E-state index contributed by atoms with van der Waals surface area (Å²) >= 11 is 1.62. The molecule has 6 nitrogen and oxygen atoms in total. The highest BCUT2D eigenvalue weighted by Gasteiger charge is 2.18. The van der Waals surface area contributed by atoms with Gasteiger partial charge in [0.1, 0.15) is 5.82 Å². The highest BCUT2D eigenvalue weighted by molar-refractivity contribution is 7.13. The Bertz CT molecular complexity index is 643. The van der Waals surface area contributed by atoms with Crippen molar-refractivity contribution in [3.05, 3.63) is 23.6 Å². The van der Waals surface area contributed by atoms with Crippen molar-refractivity contribution < 1.29 is 4.79 Å². The number of amides is 1. The molecule has 1 saturated heterocycles. The third kappa shape index (κ3) is 3.54. The number of hydrogen-bond donors (Lipinski definition) is 2. The van der Waals surface area contributed by atoms with Gasteiger partial charge >= 0.3 is 0 Å². The van der Waals surface area contributed by atoms with Gasteiger partial charge in [0.2, 0.25) is 11.9 Å². The van der Waals surface area contributed by atoms with Gasteiger partial charge < -0.3 is 16.0 Å². The van der Waals surface area contributed by atoms with Gasteiger partial charge in [-0.3, -0.25) is 4.79 Å². The number of anilines is 2. The first-order valence-corrected chi connectivity index (χ1v) is 8.30. The van der Waals surface area contributed by atoms with E-state index in [9.17, 15) is 4.79 Å². The van der Waals surface area contributed by atoms with E-state index >= 15 is 0 Å². The van der Waals surface area contributed by atoms with Gasteiger partial charge in [0, 0.05) is 32.1 Å². The molecule has 22 heavy (non-hydrogen) atoms. The lowest BCUT2D eigenvalue weighted by Gasteiger charge is -2.15. The molecule has 2 aromatic rings. The molecule has 0 bridgehead atoms. The van der Waals surface area contributed by atoms with E-state index in [1.54, 1.807) is 11.3 Å². The smallest absolute Gasteiger partial charge is 0.222 e. The van der Waals surface area contributed by atoms with Gasteiger partial charge in [-0.2, -0.15) is 4.98 Å². The fourth-order valence-electron chi connectivity index (χ4n) is 2.53. The van der Waals surface area contributed by atoms with E-state index in [0.29, 0.717) is 6.42 Å². The van der Waals surface area contributed by atoms with Gasteiger partial charge in [-0.1, -0.05) is 6.07 Å². The quantitative estimate of drug-likeness (QED) is 0.798. The van der Waals surface area contributed by atoms with Crippen LogP contribution in [0.5, 0.6) is 0 Å². The van der Waals surface area contributed by atoms with E-state index in [0.717, 1.165) is 48.9 Å². The molecule has 1 aliphatic heterocycles. The number of rotatable bonds is 6. The van der Waals surface area contributed by atoms with E-state index in [-0.39, 0.29) is 11.9 Å². The van der Waals surface area contributed by atoms with Gasteiger partial charge in [0.05, 0.1) is 10.6 Å². The minimum absolute atomic E-state index is 0.267. The Hall–Kier alpha value is -2.15. The zero-order chi connectivity index (χ0) is 15.4. The zero-order valence-corrected chi connectivity index (χ0v) is 13.1. The van der Waals surface area contributed by atoms with Crippen molar-refractivity contribution in [3.63, 3.8) is 0 Å². The van der Waals surface area contributed by atoms with Crippen LogP contribution in [-0.4, -0.2) is 40.4 Å². The fraction of sp³-hybridized carbons (Fsp3) is 0.400. The van der Waals surface area contributed by atoms with Crippen LogP contribution in [-0.2, 0) is 4.79 Å².